The number of rotatable bonds is 6. The van der Waals surface area contributed by atoms with Gasteiger partial charge in [-0.3, -0.25) is 0 Å². The van der Waals surface area contributed by atoms with Crippen molar-refractivity contribution in [1.82, 2.24) is 5.32 Å². The number of ether oxygens (including phenoxy) is 1. The molecule has 20 heavy (non-hydrogen) atoms. The molecule has 0 heterocycles. The van der Waals surface area contributed by atoms with E-state index in [4.69, 9.17) is 4.74 Å². The lowest BCUT2D eigenvalue weighted by Crippen LogP contribution is -2.46. The van der Waals surface area contributed by atoms with Crippen molar-refractivity contribution in [3.63, 3.8) is 0 Å². The lowest BCUT2D eigenvalue weighted by Gasteiger charge is -2.42. The van der Waals surface area contributed by atoms with Gasteiger partial charge in [-0.2, -0.15) is 4.39 Å². The summed E-state index contributed by atoms with van der Waals surface area (Å²) >= 11 is 3.17. The molecule has 5 heteroatoms. The van der Waals surface area contributed by atoms with Crippen LogP contribution in [-0.2, 0) is 0 Å². The Morgan fingerprint density at radius 2 is 2.05 bits per heavy atom. The van der Waals surface area contributed by atoms with Crippen LogP contribution < -0.4 is 10.1 Å². The summed E-state index contributed by atoms with van der Waals surface area (Å²) in [5.74, 6) is -1.79. The van der Waals surface area contributed by atoms with Crippen LogP contribution in [0.25, 0.3) is 0 Å². The summed E-state index contributed by atoms with van der Waals surface area (Å²) in [6, 6.07) is 3.01. The van der Waals surface area contributed by atoms with Gasteiger partial charge < -0.3 is 10.1 Å². The van der Waals surface area contributed by atoms with Gasteiger partial charge in [0.15, 0.2) is 11.6 Å². The van der Waals surface area contributed by atoms with E-state index in [-0.39, 0.29) is 11.4 Å². The van der Waals surface area contributed by atoms with Crippen LogP contribution in [0.2, 0.25) is 0 Å². The molecule has 0 unspecified atom stereocenters. The summed E-state index contributed by atoms with van der Waals surface area (Å²) in [4.78, 5) is 0. The second-order valence-electron chi connectivity index (χ2n) is 5.70. The molecule has 0 saturated heterocycles. The van der Waals surface area contributed by atoms with Crippen LogP contribution in [0.15, 0.2) is 16.6 Å². The van der Waals surface area contributed by atoms with E-state index in [0.717, 1.165) is 38.3 Å². The molecule has 2 rings (SSSR count). The van der Waals surface area contributed by atoms with Gasteiger partial charge in [0.05, 0.1) is 0 Å². The van der Waals surface area contributed by atoms with Gasteiger partial charge in [0.2, 0.25) is 5.82 Å². The molecule has 1 aromatic rings. The summed E-state index contributed by atoms with van der Waals surface area (Å²) < 4.78 is 33.5. The molecule has 0 atom stereocenters. The highest BCUT2D eigenvalue weighted by Gasteiger charge is 2.39. The van der Waals surface area contributed by atoms with Crippen LogP contribution in [0.4, 0.5) is 8.78 Å². The third-order valence-corrected chi connectivity index (χ3v) is 4.14. The predicted octanol–water partition coefficient (Wildman–Crippen LogP) is 4.42. The number of hydrogen-bond donors (Lipinski definition) is 1. The average Bonchev–Trinajstić information content (AvgIpc) is 2.31. The Hall–Kier alpha value is -0.680. The van der Waals surface area contributed by atoms with Gasteiger partial charge in [0.1, 0.15) is 5.60 Å². The molecule has 112 valence electrons. The molecular weight excluding hydrogens is 328 g/mol. The minimum atomic E-state index is -0.906. The quantitative estimate of drug-likeness (QED) is 0.769. The zero-order valence-electron chi connectivity index (χ0n) is 11.8. The van der Waals surface area contributed by atoms with Gasteiger partial charge in [-0.15, -0.1) is 0 Å². The molecule has 1 fully saturated rings. The maximum absolute atomic E-state index is 13.8. The maximum Gasteiger partial charge on any atom is 0.200 e. The summed E-state index contributed by atoms with van der Waals surface area (Å²) in [5, 5.41) is 3.34. The van der Waals surface area contributed by atoms with E-state index in [1.807, 2.05) is 0 Å². The third kappa shape index (κ3) is 3.70. The second kappa shape index (κ2) is 6.39. The maximum atomic E-state index is 13.8. The molecule has 1 N–H and O–H groups in total. The van der Waals surface area contributed by atoms with E-state index >= 15 is 0 Å². The first-order valence-corrected chi connectivity index (χ1v) is 7.78. The Bertz CT molecular complexity index is 475. The highest BCUT2D eigenvalue weighted by atomic mass is 79.9. The van der Waals surface area contributed by atoms with Gasteiger partial charge >= 0.3 is 0 Å². The van der Waals surface area contributed by atoms with Crippen molar-refractivity contribution in [1.29, 1.82) is 0 Å². The lowest BCUT2D eigenvalue weighted by molar-refractivity contribution is -0.0179. The number of halogens is 3. The van der Waals surface area contributed by atoms with Gasteiger partial charge in [-0.25, -0.2) is 4.39 Å². The molecular formula is C15H20BrF2NO. The standard InChI is InChI=1S/C15H20BrF2NO/c1-10(2)19-7-6-15(4-3-5-15)20-13-9-11(16)8-12(17)14(13)18/h8-10,19H,3-7H2,1-2H3. The summed E-state index contributed by atoms with van der Waals surface area (Å²) in [5.41, 5.74) is -0.351. The van der Waals surface area contributed by atoms with Crippen molar-refractivity contribution in [3.05, 3.63) is 28.2 Å². The summed E-state index contributed by atoms with van der Waals surface area (Å²) in [6.07, 6.45) is 3.65. The summed E-state index contributed by atoms with van der Waals surface area (Å²) in [6.45, 7) is 4.98. The average molecular weight is 348 g/mol. The Kier molecular flexibility index (Phi) is 5.02. The molecule has 1 aliphatic rings. The van der Waals surface area contributed by atoms with Crippen LogP contribution in [0.1, 0.15) is 39.5 Å². The molecule has 0 radical (unpaired) electrons. The molecule has 1 saturated carbocycles. The zero-order chi connectivity index (χ0) is 14.8. The van der Waals surface area contributed by atoms with Crippen molar-refractivity contribution in [3.8, 4) is 5.75 Å². The Morgan fingerprint density at radius 3 is 2.60 bits per heavy atom. The van der Waals surface area contributed by atoms with Crippen LogP contribution >= 0.6 is 15.9 Å². The van der Waals surface area contributed by atoms with E-state index in [9.17, 15) is 8.78 Å². The molecule has 1 aliphatic carbocycles. The Labute approximate surface area is 127 Å². The zero-order valence-corrected chi connectivity index (χ0v) is 13.4. The minimum Gasteiger partial charge on any atom is -0.484 e. The van der Waals surface area contributed by atoms with Gasteiger partial charge in [-0.1, -0.05) is 29.8 Å². The monoisotopic (exact) mass is 347 g/mol. The van der Waals surface area contributed by atoms with Crippen molar-refractivity contribution in [2.75, 3.05) is 6.54 Å². The van der Waals surface area contributed by atoms with Gasteiger partial charge in [-0.05, 0) is 44.4 Å². The molecule has 0 bridgehead atoms. The fraction of sp³-hybridized carbons (Fsp3) is 0.600. The van der Waals surface area contributed by atoms with Crippen LogP contribution in [-0.4, -0.2) is 18.2 Å². The van der Waals surface area contributed by atoms with E-state index in [1.165, 1.54) is 6.07 Å². The van der Waals surface area contributed by atoms with Gasteiger partial charge in [0.25, 0.3) is 0 Å². The van der Waals surface area contributed by atoms with Crippen LogP contribution in [0, 0.1) is 11.6 Å². The third-order valence-electron chi connectivity index (χ3n) is 3.68. The minimum absolute atomic E-state index is 0.00104. The van der Waals surface area contributed by atoms with Crippen molar-refractivity contribution in [2.45, 2.75) is 51.2 Å². The Morgan fingerprint density at radius 1 is 1.35 bits per heavy atom. The largest absolute Gasteiger partial charge is 0.484 e. The van der Waals surface area contributed by atoms with Crippen LogP contribution in [0.3, 0.4) is 0 Å². The molecule has 0 amide bonds. The van der Waals surface area contributed by atoms with Crippen molar-refractivity contribution < 1.29 is 13.5 Å². The molecule has 2 nitrogen and oxygen atoms in total. The Balaban J connectivity index is 2.06. The fourth-order valence-electron chi connectivity index (χ4n) is 2.40. The number of benzene rings is 1. The first-order valence-electron chi connectivity index (χ1n) is 6.99. The SMILES string of the molecule is CC(C)NCCC1(Oc2cc(Br)cc(F)c2F)CCC1. The fourth-order valence-corrected chi connectivity index (χ4v) is 2.81. The first-order chi connectivity index (χ1) is 9.42. The first kappa shape index (κ1) is 15.7. The molecule has 1 aromatic carbocycles. The van der Waals surface area contributed by atoms with Crippen LogP contribution in [0.5, 0.6) is 5.75 Å². The normalized spacial score (nSPS) is 17.1. The second-order valence-corrected chi connectivity index (χ2v) is 6.61. The predicted molar refractivity (Wildman–Crippen MR) is 79.0 cm³/mol. The highest BCUT2D eigenvalue weighted by molar-refractivity contribution is 9.10. The number of hydrogen-bond acceptors (Lipinski definition) is 2. The van der Waals surface area contributed by atoms with Gasteiger partial charge in [0, 0.05) is 10.5 Å². The van der Waals surface area contributed by atoms with E-state index < -0.39 is 11.6 Å². The van der Waals surface area contributed by atoms with E-state index in [1.54, 1.807) is 0 Å². The summed E-state index contributed by atoms with van der Waals surface area (Å²) in [7, 11) is 0. The topological polar surface area (TPSA) is 21.3 Å². The smallest absolute Gasteiger partial charge is 0.200 e. The molecule has 0 aromatic heterocycles. The molecule has 0 aliphatic heterocycles. The van der Waals surface area contributed by atoms with E-state index in [2.05, 4.69) is 35.1 Å². The highest BCUT2D eigenvalue weighted by Crippen LogP contribution is 2.40. The van der Waals surface area contributed by atoms with Crippen molar-refractivity contribution >= 4 is 15.9 Å². The molecule has 0 spiro atoms. The number of nitrogens with one attached hydrogen (secondary N) is 1. The van der Waals surface area contributed by atoms with E-state index in [0.29, 0.717) is 10.5 Å². The lowest BCUT2D eigenvalue weighted by atomic mass is 9.77. The van der Waals surface area contributed by atoms with Crippen molar-refractivity contribution in [2.24, 2.45) is 0 Å².